The number of ether oxygens (including phenoxy) is 1. The number of hydrogen-bond acceptors (Lipinski definition) is 3. The number of nitrogens with one attached hydrogen (secondary N) is 2. The van der Waals surface area contributed by atoms with Gasteiger partial charge >= 0.3 is 0 Å². The number of fused-ring (bicyclic) bond motifs is 1. The Kier molecular flexibility index (Phi) is 2.59. The van der Waals surface area contributed by atoms with E-state index in [0.717, 1.165) is 25.3 Å². The highest BCUT2D eigenvalue weighted by molar-refractivity contribution is 5.59. The Morgan fingerprint density at radius 3 is 2.93 bits per heavy atom. The van der Waals surface area contributed by atoms with Crippen molar-refractivity contribution in [2.75, 3.05) is 26.0 Å². The van der Waals surface area contributed by atoms with Crippen LogP contribution in [0.4, 0.5) is 5.69 Å². The number of methoxy groups -OCH3 is 1. The van der Waals surface area contributed by atoms with Crippen molar-refractivity contribution in [3.63, 3.8) is 0 Å². The summed E-state index contributed by atoms with van der Waals surface area (Å²) in [6.07, 6.45) is 1.07. The maximum atomic E-state index is 5.34. The Morgan fingerprint density at radius 1 is 1.36 bits per heavy atom. The third-order valence-electron chi connectivity index (χ3n) is 2.73. The molecule has 0 aliphatic carbocycles. The van der Waals surface area contributed by atoms with E-state index in [1.807, 2.05) is 13.1 Å². The van der Waals surface area contributed by atoms with Crippen LogP contribution < -0.4 is 15.4 Å². The molecule has 0 bridgehead atoms. The zero-order valence-electron chi connectivity index (χ0n) is 8.68. The second-order valence-electron chi connectivity index (χ2n) is 3.45. The highest BCUT2D eigenvalue weighted by Gasteiger charge is 2.16. The average molecular weight is 192 g/mol. The molecule has 0 spiro atoms. The van der Waals surface area contributed by atoms with Crippen LogP contribution in [0.3, 0.4) is 0 Å². The van der Waals surface area contributed by atoms with Crippen molar-refractivity contribution in [2.45, 2.75) is 13.0 Å². The maximum absolute atomic E-state index is 5.34. The van der Waals surface area contributed by atoms with Crippen molar-refractivity contribution in [1.82, 2.24) is 5.32 Å². The molecule has 2 rings (SSSR count). The summed E-state index contributed by atoms with van der Waals surface area (Å²) in [6.45, 7) is 1.96. The third-order valence-corrected chi connectivity index (χ3v) is 2.73. The summed E-state index contributed by atoms with van der Waals surface area (Å²) < 4.78 is 5.34. The minimum absolute atomic E-state index is 0.911. The minimum atomic E-state index is 0.911. The molecular weight excluding hydrogens is 176 g/mol. The molecule has 0 radical (unpaired) electrons. The Hall–Kier alpha value is -1.22. The van der Waals surface area contributed by atoms with Crippen LogP contribution in [0.15, 0.2) is 12.1 Å². The van der Waals surface area contributed by atoms with Gasteiger partial charge in [0.25, 0.3) is 0 Å². The second kappa shape index (κ2) is 3.88. The highest BCUT2D eigenvalue weighted by atomic mass is 16.5. The summed E-state index contributed by atoms with van der Waals surface area (Å²) in [7, 11) is 3.69. The molecule has 76 valence electrons. The van der Waals surface area contributed by atoms with Gasteiger partial charge in [0.1, 0.15) is 5.75 Å². The molecule has 14 heavy (non-hydrogen) atoms. The molecule has 0 unspecified atom stereocenters. The summed E-state index contributed by atoms with van der Waals surface area (Å²) in [5.41, 5.74) is 3.92. The van der Waals surface area contributed by atoms with Crippen LogP contribution in [0.1, 0.15) is 11.1 Å². The Labute approximate surface area is 84.5 Å². The van der Waals surface area contributed by atoms with Gasteiger partial charge in [0.2, 0.25) is 0 Å². The first-order chi connectivity index (χ1) is 6.86. The van der Waals surface area contributed by atoms with E-state index in [1.54, 1.807) is 7.11 Å². The van der Waals surface area contributed by atoms with Crippen molar-refractivity contribution in [3.8, 4) is 5.75 Å². The molecule has 1 heterocycles. The van der Waals surface area contributed by atoms with Crippen molar-refractivity contribution in [1.29, 1.82) is 0 Å². The van der Waals surface area contributed by atoms with Gasteiger partial charge in [0.15, 0.2) is 0 Å². The molecule has 0 saturated carbocycles. The summed E-state index contributed by atoms with van der Waals surface area (Å²) in [5.74, 6) is 0.992. The van der Waals surface area contributed by atoms with Gasteiger partial charge in [0.05, 0.1) is 7.11 Å². The van der Waals surface area contributed by atoms with E-state index < -0.39 is 0 Å². The number of rotatable bonds is 2. The number of anilines is 1. The van der Waals surface area contributed by atoms with Crippen molar-refractivity contribution < 1.29 is 4.74 Å². The summed E-state index contributed by atoms with van der Waals surface area (Å²) in [6, 6.07) is 4.11. The zero-order valence-corrected chi connectivity index (χ0v) is 8.68. The number of benzene rings is 1. The maximum Gasteiger partial charge on any atom is 0.123 e. The van der Waals surface area contributed by atoms with Crippen LogP contribution in [-0.4, -0.2) is 20.7 Å². The summed E-state index contributed by atoms with van der Waals surface area (Å²) in [4.78, 5) is 0. The SMILES string of the molecule is CNc1ccc(OC)c2c1CCNC2. The lowest BCUT2D eigenvalue weighted by molar-refractivity contribution is 0.405. The summed E-state index contributed by atoms with van der Waals surface area (Å²) in [5, 5.41) is 6.58. The van der Waals surface area contributed by atoms with Crippen LogP contribution in [0.5, 0.6) is 5.75 Å². The van der Waals surface area contributed by atoms with Crippen LogP contribution >= 0.6 is 0 Å². The molecule has 0 saturated heterocycles. The van der Waals surface area contributed by atoms with Crippen LogP contribution in [0.25, 0.3) is 0 Å². The number of hydrogen-bond donors (Lipinski definition) is 2. The fraction of sp³-hybridized carbons (Fsp3) is 0.455. The molecule has 1 aromatic rings. The third kappa shape index (κ3) is 1.44. The zero-order chi connectivity index (χ0) is 9.97. The van der Waals surface area contributed by atoms with Crippen molar-refractivity contribution >= 4 is 5.69 Å². The molecule has 0 amide bonds. The predicted octanol–water partition coefficient (Wildman–Crippen LogP) is 1.38. The lowest BCUT2D eigenvalue weighted by Gasteiger charge is -2.22. The Morgan fingerprint density at radius 2 is 2.21 bits per heavy atom. The van der Waals surface area contributed by atoms with E-state index in [9.17, 15) is 0 Å². The first-order valence-electron chi connectivity index (χ1n) is 4.94. The molecule has 1 aliphatic heterocycles. The van der Waals surface area contributed by atoms with E-state index >= 15 is 0 Å². The molecule has 1 aliphatic rings. The minimum Gasteiger partial charge on any atom is -0.496 e. The fourth-order valence-electron chi connectivity index (χ4n) is 2.00. The first kappa shape index (κ1) is 9.34. The topological polar surface area (TPSA) is 33.3 Å². The van der Waals surface area contributed by atoms with Gasteiger partial charge < -0.3 is 15.4 Å². The molecule has 2 N–H and O–H groups in total. The fourth-order valence-corrected chi connectivity index (χ4v) is 2.00. The van der Waals surface area contributed by atoms with Gasteiger partial charge in [0, 0.05) is 24.8 Å². The molecular formula is C11H16N2O. The van der Waals surface area contributed by atoms with Crippen LogP contribution in [-0.2, 0) is 13.0 Å². The largest absolute Gasteiger partial charge is 0.496 e. The van der Waals surface area contributed by atoms with Gasteiger partial charge in [-0.3, -0.25) is 0 Å². The Bertz CT molecular complexity index is 303. The van der Waals surface area contributed by atoms with Crippen LogP contribution in [0.2, 0.25) is 0 Å². The molecule has 0 fully saturated rings. The van der Waals surface area contributed by atoms with Gasteiger partial charge in [-0.1, -0.05) is 0 Å². The lowest BCUT2D eigenvalue weighted by Crippen LogP contribution is -2.24. The Balaban J connectivity index is 2.50. The average Bonchev–Trinajstić information content (AvgIpc) is 2.27. The van der Waals surface area contributed by atoms with E-state index in [0.29, 0.717) is 0 Å². The molecule has 0 aromatic heterocycles. The van der Waals surface area contributed by atoms with Gasteiger partial charge in [-0.25, -0.2) is 0 Å². The van der Waals surface area contributed by atoms with E-state index in [-0.39, 0.29) is 0 Å². The normalized spacial score (nSPS) is 14.7. The molecule has 3 heteroatoms. The van der Waals surface area contributed by atoms with E-state index in [4.69, 9.17) is 4.74 Å². The smallest absolute Gasteiger partial charge is 0.123 e. The van der Waals surface area contributed by atoms with Gasteiger partial charge in [-0.2, -0.15) is 0 Å². The van der Waals surface area contributed by atoms with Gasteiger partial charge in [-0.05, 0) is 30.7 Å². The van der Waals surface area contributed by atoms with Crippen LogP contribution in [0, 0.1) is 0 Å². The lowest BCUT2D eigenvalue weighted by atomic mass is 9.98. The molecule has 1 aromatic carbocycles. The molecule has 3 nitrogen and oxygen atoms in total. The van der Waals surface area contributed by atoms with Gasteiger partial charge in [-0.15, -0.1) is 0 Å². The summed E-state index contributed by atoms with van der Waals surface area (Å²) >= 11 is 0. The highest BCUT2D eigenvalue weighted by Crippen LogP contribution is 2.30. The second-order valence-corrected chi connectivity index (χ2v) is 3.45. The predicted molar refractivity (Wildman–Crippen MR) is 58.0 cm³/mol. The van der Waals surface area contributed by atoms with Crippen molar-refractivity contribution in [2.24, 2.45) is 0 Å². The molecule has 0 atom stereocenters. The van der Waals surface area contributed by atoms with E-state index in [2.05, 4.69) is 16.7 Å². The standard InChI is InChI=1S/C11H16N2O/c1-12-10-3-4-11(14-2)9-7-13-6-5-8(9)10/h3-4,12-13H,5-7H2,1-2H3. The first-order valence-corrected chi connectivity index (χ1v) is 4.94. The van der Waals surface area contributed by atoms with Crippen molar-refractivity contribution in [3.05, 3.63) is 23.3 Å². The monoisotopic (exact) mass is 192 g/mol. The quantitative estimate of drug-likeness (QED) is 0.742. The van der Waals surface area contributed by atoms with E-state index in [1.165, 1.54) is 16.8 Å².